The van der Waals surface area contributed by atoms with Gasteiger partial charge in [0.1, 0.15) is 0 Å². The summed E-state index contributed by atoms with van der Waals surface area (Å²) in [5, 5.41) is 2.09. The third-order valence-electron chi connectivity index (χ3n) is 3.40. The first-order valence-corrected chi connectivity index (χ1v) is 8.77. The molecule has 25 heavy (non-hydrogen) atoms. The summed E-state index contributed by atoms with van der Waals surface area (Å²) in [6.07, 6.45) is -0.0759. The number of ether oxygens (including phenoxy) is 1. The maximum absolute atomic E-state index is 12.6. The number of thioether (sulfide) groups is 1. The molecule has 0 aliphatic rings. The number of anilines is 1. The second-order valence-electron chi connectivity index (χ2n) is 5.22. The van der Waals surface area contributed by atoms with Crippen LogP contribution in [0.2, 0.25) is 0 Å². The van der Waals surface area contributed by atoms with E-state index in [0.29, 0.717) is 11.3 Å². The van der Waals surface area contributed by atoms with E-state index in [1.807, 2.05) is 24.3 Å². The first-order chi connectivity index (χ1) is 12.1. The number of ketones is 1. The van der Waals surface area contributed by atoms with Crippen molar-refractivity contribution in [2.75, 3.05) is 18.2 Å². The number of amides is 1. The number of nitrogens with one attached hydrogen (secondary N) is 1. The number of rotatable bonds is 8. The fourth-order valence-electron chi connectivity index (χ4n) is 2.15. The van der Waals surface area contributed by atoms with Crippen LogP contribution in [0.5, 0.6) is 0 Å². The van der Waals surface area contributed by atoms with Gasteiger partial charge in [0.15, 0.2) is 5.78 Å². The fourth-order valence-corrected chi connectivity index (χ4v) is 3.11. The number of hydrogen-bond acceptors (Lipinski definition) is 5. The molecule has 0 aliphatic heterocycles. The van der Waals surface area contributed by atoms with Crippen molar-refractivity contribution in [3.63, 3.8) is 0 Å². The molecular weight excluding hydrogens is 338 g/mol. The molecule has 0 fully saturated rings. The SMILES string of the molecule is COC(=O)CC(SCC(=O)Nc1ccccc1)C(=O)c1ccccc1. The van der Waals surface area contributed by atoms with Crippen LogP contribution in [0.1, 0.15) is 16.8 Å². The largest absolute Gasteiger partial charge is 0.469 e. The first-order valence-electron chi connectivity index (χ1n) is 7.72. The second kappa shape index (κ2) is 9.64. The van der Waals surface area contributed by atoms with Crippen molar-refractivity contribution in [1.29, 1.82) is 0 Å². The maximum Gasteiger partial charge on any atom is 0.307 e. The lowest BCUT2D eigenvalue weighted by Crippen LogP contribution is -2.25. The van der Waals surface area contributed by atoms with E-state index in [1.54, 1.807) is 36.4 Å². The van der Waals surface area contributed by atoms with Crippen molar-refractivity contribution in [2.24, 2.45) is 0 Å². The molecule has 0 aromatic heterocycles. The lowest BCUT2D eigenvalue weighted by atomic mass is 10.1. The standard InChI is InChI=1S/C19H19NO4S/c1-24-18(22)12-16(19(23)14-8-4-2-5-9-14)25-13-17(21)20-15-10-6-3-7-11-15/h2-11,16H,12-13H2,1H3,(H,20,21). The third kappa shape index (κ3) is 6.08. The molecular formula is C19H19NO4S. The number of para-hydroxylation sites is 1. The average Bonchev–Trinajstić information content (AvgIpc) is 2.65. The Bertz CT molecular complexity index is 719. The van der Waals surface area contributed by atoms with Crippen molar-refractivity contribution >= 4 is 35.1 Å². The Labute approximate surface area is 150 Å². The number of esters is 1. The summed E-state index contributed by atoms with van der Waals surface area (Å²) in [5.41, 5.74) is 1.19. The van der Waals surface area contributed by atoms with Gasteiger partial charge in [0.05, 0.1) is 24.5 Å². The summed E-state index contributed by atoms with van der Waals surface area (Å²) in [5.74, 6) is -0.838. The molecule has 0 heterocycles. The van der Waals surface area contributed by atoms with Crippen molar-refractivity contribution in [2.45, 2.75) is 11.7 Å². The Kier molecular flexibility index (Phi) is 7.22. The summed E-state index contributed by atoms with van der Waals surface area (Å²) < 4.78 is 4.66. The number of benzene rings is 2. The Morgan fingerprint density at radius 1 is 1.00 bits per heavy atom. The molecule has 0 bridgehead atoms. The van der Waals surface area contributed by atoms with Crippen molar-refractivity contribution in [1.82, 2.24) is 0 Å². The fraction of sp³-hybridized carbons (Fsp3) is 0.211. The van der Waals surface area contributed by atoms with Crippen LogP contribution in [0, 0.1) is 0 Å². The van der Waals surface area contributed by atoms with E-state index in [2.05, 4.69) is 10.1 Å². The zero-order valence-electron chi connectivity index (χ0n) is 13.8. The van der Waals surface area contributed by atoms with Crippen LogP contribution in [-0.4, -0.2) is 35.8 Å². The van der Waals surface area contributed by atoms with Gasteiger partial charge in [0.2, 0.25) is 5.91 Å². The molecule has 2 aromatic carbocycles. The van der Waals surface area contributed by atoms with E-state index >= 15 is 0 Å². The van der Waals surface area contributed by atoms with Crippen molar-refractivity contribution in [3.8, 4) is 0 Å². The molecule has 0 saturated carbocycles. The van der Waals surface area contributed by atoms with Gasteiger partial charge in [0.25, 0.3) is 0 Å². The van der Waals surface area contributed by atoms with Gasteiger partial charge < -0.3 is 10.1 Å². The molecule has 1 unspecified atom stereocenters. The molecule has 5 nitrogen and oxygen atoms in total. The van der Waals surface area contributed by atoms with Gasteiger partial charge in [-0.15, -0.1) is 11.8 Å². The van der Waals surface area contributed by atoms with Gasteiger partial charge in [0, 0.05) is 11.3 Å². The van der Waals surface area contributed by atoms with Crippen LogP contribution in [0.4, 0.5) is 5.69 Å². The number of carbonyl (C=O) groups excluding carboxylic acids is 3. The quantitative estimate of drug-likeness (QED) is 0.580. The van der Waals surface area contributed by atoms with E-state index in [-0.39, 0.29) is 23.9 Å². The zero-order chi connectivity index (χ0) is 18.1. The van der Waals surface area contributed by atoms with Crippen LogP contribution < -0.4 is 5.32 Å². The summed E-state index contributed by atoms with van der Waals surface area (Å²) in [6.45, 7) is 0. The highest BCUT2D eigenvalue weighted by Crippen LogP contribution is 2.21. The summed E-state index contributed by atoms with van der Waals surface area (Å²) >= 11 is 1.13. The van der Waals surface area contributed by atoms with Gasteiger partial charge in [-0.3, -0.25) is 14.4 Å². The molecule has 0 aliphatic carbocycles. The van der Waals surface area contributed by atoms with Crippen molar-refractivity contribution in [3.05, 3.63) is 66.2 Å². The predicted molar refractivity (Wildman–Crippen MR) is 98.7 cm³/mol. The molecule has 0 spiro atoms. The van der Waals surface area contributed by atoms with E-state index in [4.69, 9.17) is 0 Å². The Balaban J connectivity index is 1.99. The van der Waals surface area contributed by atoms with Gasteiger partial charge in [-0.05, 0) is 12.1 Å². The molecule has 6 heteroatoms. The Morgan fingerprint density at radius 3 is 2.20 bits per heavy atom. The van der Waals surface area contributed by atoms with Crippen LogP contribution in [0.25, 0.3) is 0 Å². The van der Waals surface area contributed by atoms with Gasteiger partial charge in [-0.2, -0.15) is 0 Å². The Hall–Kier alpha value is -2.60. The molecule has 1 atom stereocenters. The third-order valence-corrected chi connectivity index (χ3v) is 4.62. The lowest BCUT2D eigenvalue weighted by Gasteiger charge is -2.14. The minimum atomic E-state index is -0.670. The predicted octanol–water partition coefficient (Wildman–Crippen LogP) is 3.17. The zero-order valence-corrected chi connectivity index (χ0v) is 14.6. The lowest BCUT2D eigenvalue weighted by molar-refractivity contribution is -0.140. The number of methoxy groups -OCH3 is 1. The maximum atomic E-state index is 12.6. The van der Waals surface area contributed by atoms with Gasteiger partial charge in [-0.25, -0.2) is 0 Å². The first kappa shape index (κ1) is 18.7. The van der Waals surface area contributed by atoms with Crippen LogP contribution >= 0.6 is 11.8 Å². The highest BCUT2D eigenvalue weighted by molar-refractivity contribution is 8.01. The number of hydrogen-bond donors (Lipinski definition) is 1. The molecule has 0 saturated heterocycles. The van der Waals surface area contributed by atoms with E-state index in [9.17, 15) is 14.4 Å². The highest BCUT2D eigenvalue weighted by atomic mass is 32.2. The summed E-state index contributed by atoms with van der Waals surface area (Å²) in [4.78, 5) is 36.3. The van der Waals surface area contributed by atoms with Crippen LogP contribution in [0.3, 0.4) is 0 Å². The molecule has 0 radical (unpaired) electrons. The number of Topliss-reactive ketones (excluding diaryl/α,β-unsaturated/α-hetero) is 1. The molecule has 1 amide bonds. The Morgan fingerprint density at radius 2 is 1.60 bits per heavy atom. The highest BCUT2D eigenvalue weighted by Gasteiger charge is 2.25. The van der Waals surface area contributed by atoms with Gasteiger partial charge in [-0.1, -0.05) is 48.5 Å². The molecule has 1 N–H and O–H groups in total. The topological polar surface area (TPSA) is 72.5 Å². The monoisotopic (exact) mass is 357 g/mol. The molecule has 2 aromatic rings. The molecule has 2 rings (SSSR count). The van der Waals surface area contributed by atoms with Crippen molar-refractivity contribution < 1.29 is 19.1 Å². The van der Waals surface area contributed by atoms with Crippen LogP contribution in [-0.2, 0) is 14.3 Å². The van der Waals surface area contributed by atoms with E-state index in [1.165, 1.54) is 7.11 Å². The van der Waals surface area contributed by atoms with Gasteiger partial charge >= 0.3 is 5.97 Å². The number of carbonyl (C=O) groups is 3. The van der Waals surface area contributed by atoms with E-state index < -0.39 is 11.2 Å². The normalized spacial score (nSPS) is 11.4. The minimum Gasteiger partial charge on any atom is -0.469 e. The van der Waals surface area contributed by atoms with Crippen LogP contribution in [0.15, 0.2) is 60.7 Å². The smallest absolute Gasteiger partial charge is 0.307 e. The summed E-state index contributed by atoms with van der Waals surface area (Å²) in [7, 11) is 1.28. The molecule has 130 valence electrons. The second-order valence-corrected chi connectivity index (χ2v) is 6.42. The summed E-state index contributed by atoms with van der Waals surface area (Å²) in [6, 6.07) is 17.8. The average molecular weight is 357 g/mol. The minimum absolute atomic E-state index is 0.0646. The van der Waals surface area contributed by atoms with E-state index in [0.717, 1.165) is 11.8 Å².